The standard InChI is InChI=1S/C13H15F3N2O2/c1-8(2)11(19)7-17-12(20)18-10-6-4-3-5-9(10)13(14,15)16/h3-6,8H,7H2,1-2H3,(H2,17,18,20). The maximum atomic E-state index is 12.7. The van der Waals surface area contributed by atoms with E-state index in [4.69, 9.17) is 0 Å². The Morgan fingerprint density at radius 3 is 2.35 bits per heavy atom. The molecule has 1 aromatic rings. The number of rotatable bonds is 4. The molecule has 0 fully saturated rings. The SMILES string of the molecule is CC(C)C(=O)CNC(=O)Nc1ccccc1C(F)(F)F. The van der Waals surface area contributed by atoms with Gasteiger partial charge in [0.05, 0.1) is 17.8 Å². The van der Waals surface area contributed by atoms with Crippen molar-refractivity contribution in [3.63, 3.8) is 0 Å². The molecule has 2 N–H and O–H groups in total. The van der Waals surface area contributed by atoms with Gasteiger partial charge in [0, 0.05) is 5.92 Å². The molecule has 0 aromatic heterocycles. The number of anilines is 1. The topological polar surface area (TPSA) is 58.2 Å². The second-order valence-corrected chi connectivity index (χ2v) is 4.47. The largest absolute Gasteiger partial charge is 0.418 e. The predicted octanol–water partition coefficient (Wildman–Crippen LogP) is 3.05. The summed E-state index contributed by atoms with van der Waals surface area (Å²) in [4.78, 5) is 22.8. The van der Waals surface area contributed by atoms with E-state index in [9.17, 15) is 22.8 Å². The van der Waals surface area contributed by atoms with Gasteiger partial charge in [0.2, 0.25) is 0 Å². The molecule has 1 aromatic carbocycles. The van der Waals surface area contributed by atoms with Gasteiger partial charge >= 0.3 is 12.2 Å². The predicted molar refractivity (Wildman–Crippen MR) is 68.3 cm³/mol. The minimum absolute atomic E-state index is 0.204. The fourth-order valence-corrected chi connectivity index (χ4v) is 1.38. The van der Waals surface area contributed by atoms with Crippen LogP contribution in [0.2, 0.25) is 0 Å². The van der Waals surface area contributed by atoms with Crippen molar-refractivity contribution in [3.8, 4) is 0 Å². The molecular formula is C13H15F3N2O2. The number of carbonyl (C=O) groups excluding carboxylic acids is 2. The summed E-state index contributed by atoms with van der Waals surface area (Å²) in [5.41, 5.74) is -1.29. The van der Waals surface area contributed by atoms with Crippen molar-refractivity contribution >= 4 is 17.5 Å². The van der Waals surface area contributed by atoms with E-state index >= 15 is 0 Å². The molecule has 110 valence electrons. The third-order valence-electron chi connectivity index (χ3n) is 2.55. The van der Waals surface area contributed by atoms with Crippen LogP contribution in [0.25, 0.3) is 0 Å². The summed E-state index contributed by atoms with van der Waals surface area (Å²) in [5.74, 6) is -0.456. The molecule has 0 saturated carbocycles. The van der Waals surface area contributed by atoms with Crippen molar-refractivity contribution < 1.29 is 22.8 Å². The quantitative estimate of drug-likeness (QED) is 0.894. The first kappa shape index (κ1) is 16.0. The van der Waals surface area contributed by atoms with Crippen LogP contribution in [-0.4, -0.2) is 18.4 Å². The number of carbonyl (C=O) groups is 2. The highest BCUT2D eigenvalue weighted by Crippen LogP contribution is 2.34. The van der Waals surface area contributed by atoms with Crippen LogP contribution >= 0.6 is 0 Å². The Hall–Kier alpha value is -2.05. The number of ketones is 1. The smallest absolute Gasteiger partial charge is 0.331 e. The lowest BCUT2D eigenvalue weighted by atomic mass is 10.1. The van der Waals surface area contributed by atoms with Gasteiger partial charge in [-0.05, 0) is 12.1 Å². The fraction of sp³-hybridized carbons (Fsp3) is 0.385. The van der Waals surface area contributed by atoms with E-state index in [1.54, 1.807) is 13.8 Å². The minimum atomic E-state index is -4.56. The summed E-state index contributed by atoms with van der Waals surface area (Å²) in [6.45, 7) is 3.11. The molecule has 0 bridgehead atoms. The van der Waals surface area contributed by atoms with Crippen LogP contribution in [-0.2, 0) is 11.0 Å². The summed E-state index contributed by atoms with van der Waals surface area (Å²) < 4.78 is 38.1. The molecule has 2 amide bonds. The van der Waals surface area contributed by atoms with Crippen molar-refractivity contribution in [1.29, 1.82) is 0 Å². The average Bonchev–Trinajstić information content (AvgIpc) is 2.35. The number of amides is 2. The maximum Gasteiger partial charge on any atom is 0.418 e. The Morgan fingerprint density at radius 2 is 1.80 bits per heavy atom. The van der Waals surface area contributed by atoms with Gasteiger partial charge in [-0.25, -0.2) is 4.79 Å². The molecule has 0 heterocycles. The molecule has 0 spiro atoms. The Bertz CT molecular complexity index is 499. The highest BCUT2D eigenvalue weighted by atomic mass is 19.4. The van der Waals surface area contributed by atoms with E-state index in [0.717, 1.165) is 12.1 Å². The monoisotopic (exact) mass is 288 g/mol. The molecule has 7 heteroatoms. The number of hydrogen-bond acceptors (Lipinski definition) is 2. The number of nitrogens with one attached hydrogen (secondary N) is 2. The van der Waals surface area contributed by atoms with E-state index in [-0.39, 0.29) is 23.9 Å². The minimum Gasteiger partial charge on any atom is -0.331 e. The van der Waals surface area contributed by atoms with Gasteiger partial charge in [0.25, 0.3) is 0 Å². The summed E-state index contributed by atoms with van der Waals surface area (Å²) in [7, 11) is 0. The Balaban J connectivity index is 2.70. The van der Waals surface area contributed by atoms with Gasteiger partial charge in [-0.2, -0.15) is 13.2 Å². The molecule has 0 aliphatic carbocycles. The number of alkyl halides is 3. The van der Waals surface area contributed by atoms with Crippen molar-refractivity contribution in [2.45, 2.75) is 20.0 Å². The Labute approximate surface area is 114 Å². The van der Waals surface area contributed by atoms with Gasteiger partial charge in [-0.3, -0.25) is 4.79 Å². The zero-order valence-electron chi connectivity index (χ0n) is 11.0. The molecule has 0 atom stereocenters. The molecule has 0 saturated heterocycles. The van der Waals surface area contributed by atoms with E-state index in [2.05, 4.69) is 10.6 Å². The molecule has 0 radical (unpaired) electrons. The highest BCUT2D eigenvalue weighted by Gasteiger charge is 2.33. The molecular weight excluding hydrogens is 273 g/mol. The van der Waals surface area contributed by atoms with Gasteiger partial charge in [0.15, 0.2) is 5.78 Å². The van der Waals surface area contributed by atoms with Crippen LogP contribution in [0.15, 0.2) is 24.3 Å². The lowest BCUT2D eigenvalue weighted by molar-refractivity contribution is -0.137. The zero-order valence-corrected chi connectivity index (χ0v) is 11.0. The van der Waals surface area contributed by atoms with E-state index in [1.807, 2.05) is 0 Å². The number of hydrogen-bond donors (Lipinski definition) is 2. The van der Waals surface area contributed by atoms with Crippen LogP contribution in [0.5, 0.6) is 0 Å². The lowest BCUT2D eigenvalue weighted by Gasteiger charge is -2.14. The molecule has 1 rings (SSSR count). The molecule has 0 aliphatic rings. The van der Waals surface area contributed by atoms with Gasteiger partial charge in [-0.15, -0.1) is 0 Å². The zero-order chi connectivity index (χ0) is 15.3. The third-order valence-corrected chi connectivity index (χ3v) is 2.55. The summed E-state index contributed by atoms with van der Waals surface area (Å²) >= 11 is 0. The number of para-hydroxylation sites is 1. The first-order valence-corrected chi connectivity index (χ1v) is 5.95. The van der Waals surface area contributed by atoms with Crippen LogP contribution in [0, 0.1) is 5.92 Å². The first-order chi connectivity index (χ1) is 9.21. The average molecular weight is 288 g/mol. The second-order valence-electron chi connectivity index (χ2n) is 4.47. The Kier molecular flexibility index (Phi) is 5.12. The van der Waals surface area contributed by atoms with Crippen molar-refractivity contribution in [2.24, 2.45) is 5.92 Å². The summed E-state index contributed by atoms with van der Waals surface area (Å²) in [5, 5.41) is 4.31. The second kappa shape index (κ2) is 6.40. The molecule has 0 aliphatic heterocycles. The molecule has 20 heavy (non-hydrogen) atoms. The molecule has 0 unspecified atom stereocenters. The normalized spacial score (nSPS) is 11.3. The highest BCUT2D eigenvalue weighted by molar-refractivity contribution is 5.93. The van der Waals surface area contributed by atoms with Crippen LogP contribution in [0.1, 0.15) is 19.4 Å². The lowest BCUT2D eigenvalue weighted by Crippen LogP contribution is -2.35. The summed E-state index contributed by atoms with van der Waals surface area (Å²) in [6, 6.07) is 3.77. The van der Waals surface area contributed by atoms with Crippen molar-refractivity contribution in [3.05, 3.63) is 29.8 Å². The third kappa shape index (κ3) is 4.56. The number of Topliss-reactive ketones (excluding diaryl/α,β-unsaturated/α-hetero) is 1. The van der Waals surface area contributed by atoms with E-state index < -0.39 is 17.8 Å². The van der Waals surface area contributed by atoms with Crippen molar-refractivity contribution in [1.82, 2.24) is 5.32 Å². The Morgan fingerprint density at radius 1 is 1.20 bits per heavy atom. The summed E-state index contributed by atoms with van der Waals surface area (Å²) in [6.07, 6.45) is -4.56. The van der Waals surface area contributed by atoms with Gasteiger partial charge in [-0.1, -0.05) is 26.0 Å². The molecule has 4 nitrogen and oxygen atoms in total. The number of urea groups is 1. The van der Waals surface area contributed by atoms with E-state index in [1.165, 1.54) is 12.1 Å². The van der Waals surface area contributed by atoms with Gasteiger partial charge in [0.1, 0.15) is 0 Å². The van der Waals surface area contributed by atoms with Crippen LogP contribution in [0.4, 0.5) is 23.7 Å². The van der Waals surface area contributed by atoms with Crippen LogP contribution < -0.4 is 10.6 Å². The number of halogens is 3. The van der Waals surface area contributed by atoms with E-state index in [0.29, 0.717) is 0 Å². The first-order valence-electron chi connectivity index (χ1n) is 5.95. The number of benzene rings is 1. The van der Waals surface area contributed by atoms with Crippen LogP contribution in [0.3, 0.4) is 0 Å². The maximum absolute atomic E-state index is 12.7. The van der Waals surface area contributed by atoms with Gasteiger partial charge < -0.3 is 10.6 Å². The fourth-order valence-electron chi connectivity index (χ4n) is 1.38. The van der Waals surface area contributed by atoms with Crippen molar-refractivity contribution in [2.75, 3.05) is 11.9 Å².